The van der Waals surface area contributed by atoms with Gasteiger partial charge in [0.1, 0.15) is 17.2 Å². The lowest BCUT2D eigenvalue weighted by Crippen LogP contribution is -2.19. The first-order valence-corrected chi connectivity index (χ1v) is 15.4. The molecule has 5 rings (SSSR count). The molecule has 0 spiro atoms. The summed E-state index contributed by atoms with van der Waals surface area (Å²) in [4.78, 5) is 41.2. The fourth-order valence-electron chi connectivity index (χ4n) is 4.63. The Morgan fingerprint density at radius 3 is 2.30 bits per heavy atom. The van der Waals surface area contributed by atoms with Crippen LogP contribution in [0.5, 0.6) is 23.0 Å². The molecule has 0 fully saturated rings. The maximum Gasteiger partial charge on any atom is 0.343 e. The highest BCUT2D eigenvalue weighted by molar-refractivity contribution is 9.11. The lowest BCUT2D eigenvalue weighted by Gasteiger charge is -2.11. The number of benzene rings is 4. The van der Waals surface area contributed by atoms with E-state index in [1.165, 1.54) is 38.4 Å². The Morgan fingerprint density at radius 1 is 0.870 bits per heavy atom. The molecule has 0 unspecified atom stereocenters. The van der Waals surface area contributed by atoms with Gasteiger partial charge in [0.2, 0.25) is 0 Å². The first kappa shape index (κ1) is 32.7. The molecular weight excluding hydrogens is 746 g/mol. The molecule has 13 heteroatoms. The summed E-state index contributed by atoms with van der Waals surface area (Å²) >= 11 is 13.6. The molecule has 1 aromatic heterocycles. The van der Waals surface area contributed by atoms with Crippen LogP contribution in [0.4, 0.5) is 0 Å². The van der Waals surface area contributed by atoms with Crippen molar-refractivity contribution in [1.82, 2.24) is 10.4 Å². The van der Waals surface area contributed by atoms with E-state index >= 15 is 0 Å². The third-order valence-corrected chi connectivity index (χ3v) is 8.14. The number of nitrogens with one attached hydrogen (secondary N) is 2. The zero-order valence-electron chi connectivity index (χ0n) is 24.4. The summed E-state index contributed by atoms with van der Waals surface area (Å²) in [6.45, 7) is 1.26. The molecule has 2 N–H and O–H groups in total. The Hall–Kier alpha value is -4.65. The second-order valence-electron chi connectivity index (χ2n) is 9.58. The van der Waals surface area contributed by atoms with Crippen molar-refractivity contribution in [2.45, 2.75) is 6.92 Å². The molecule has 1 amide bonds. The van der Waals surface area contributed by atoms with E-state index in [4.69, 9.17) is 30.5 Å². The maximum absolute atomic E-state index is 13.6. The summed E-state index contributed by atoms with van der Waals surface area (Å²) < 4.78 is 23.0. The molecule has 0 saturated carbocycles. The van der Waals surface area contributed by atoms with Gasteiger partial charge in [-0.1, -0.05) is 61.7 Å². The van der Waals surface area contributed by atoms with Crippen LogP contribution in [0.2, 0.25) is 5.02 Å². The van der Waals surface area contributed by atoms with E-state index in [-0.39, 0.29) is 28.5 Å². The number of hydrogen-bond acceptors (Lipinski definition) is 8. The molecular formula is C33H24Br2ClN3O7. The number of esters is 2. The molecule has 46 heavy (non-hydrogen) atoms. The molecule has 0 aliphatic heterocycles. The van der Waals surface area contributed by atoms with E-state index in [1.807, 2.05) is 18.2 Å². The van der Waals surface area contributed by atoms with Gasteiger partial charge < -0.3 is 23.9 Å². The summed E-state index contributed by atoms with van der Waals surface area (Å²) in [7, 11) is 2.93. The first-order chi connectivity index (χ1) is 22.1. The first-order valence-electron chi connectivity index (χ1n) is 13.5. The average Bonchev–Trinajstić information content (AvgIpc) is 3.44. The van der Waals surface area contributed by atoms with Gasteiger partial charge in [-0.25, -0.2) is 10.2 Å². The van der Waals surface area contributed by atoms with E-state index in [0.29, 0.717) is 42.8 Å². The van der Waals surface area contributed by atoms with E-state index < -0.39 is 17.8 Å². The minimum atomic E-state index is -0.698. The number of H-pyrrole nitrogens is 1. The third-order valence-electron chi connectivity index (χ3n) is 6.65. The summed E-state index contributed by atoms with van der Waals surface area (Å²) in [6, 6.07) is 20.0. The lowest BCUT2D eigenvalue weighted by atomic mass is 10.0. The van der Waals surface area contributed by atoms with Crippen LogP contribution in [0.25, 0.3) is 22.0 Å². The van der Waals surface area contributed by atoms with Crippen molar-refractivity contribution < 1.29 is 33.3 Å². The Balaban J connectivity index is 1.43. The number of hydrazone groups is 1. The number of carbonyl (C=O) groups is 3. The predicted molar refractivity (Wildman–Crippen MR) is 181 cm³/mol. The Morgan fingerprint density at radius 2 is 1.59 bits per heavy atom. The molecule has 0 atom stereocenters. The second-order valence-corrected chi connectivity index (χ2v) is 11.8. The smallest absolute Gasteiger partial charge is 0.343 e. The maximum atomic E-state index is 13.6. The van der Waals surface area contributed by atoms with Crippen molar-refractivity contribution in [2.75, 3.05) is 14.2 Å². The second kappa shape index (κ2) is 14.2. The number of ether oxygens (including phenoxy) is 4. The van der Waals surface area contributed by atoms with Crippen molar-refractivity contribution in [3.05, 3.63) is 104 Å². The molecule has 0 radical (unpaired) electrons. The zero-order chi connectivity index (χ0) is 33.0. The minimum absolute atomic E-state index is 0.152. The van der Waals surface area contributed by atoms with Crippen molar-refractivity contribution >= 4 is 78.4 Å². The van der Waals surface area contributed by atoms with Crippen LogP contribution in [-0.4, -0.2) is 43.3 Å². The van der Waals surface area contributed by atoms with E-state index in [9.17, 15) is 14.4 Å². The van der Waals surface area contributed by atoms with Crippen LogP contribution < -0.4 is 24.4 Å². The van der Waals surface area contributed by atoms with Crippen molar-refractivity contribution in [2.24, 2.45) is 5.10 Å². The molecule has 234 valence electrons. The van der Waals surface area contributed by atoms with E-state index in [0.717, 1.165) is 4.47 Å². The fourth-order valence-corrected chi connectivity index (χ4v) is 5.77. The molecule has 10 nitrogen and oxygen atoms in total. The largest absolute Gasteiger partial charge is 0.495 e. The molecule has 0 bridgehead atoms. The number of carbonyl (C=O) groups excluding carboxylic acids is 3. The molecule has 0 saturated heterocycles. The highest BCUT2D eigenvalue weighted by Crippen LogP contribution is 2.43. The van der Waals surface area contributed by atoms with Crippen LogP contribution in [0, 0.1) is 0 Å². The van der Waals surface area contributed by atoms with Gasteiger partial charge in [0.05, 0.1) is 31.5 Å². The van der Waals surface area contributed by atoms with E-state index in [1.54, 1.807) is 43.5 Å². The number of methoxy groups -OCH3 is 2. The summed E-state index contributed by atoms with van der Waals surface area (Å²) in [5.41, 5.74) is 5.09. The van der Waals surface area contributed by atoms with Gasteiger partial charge in [0.15, 0.2) is 11.5 Å². The van der Waals surface area contributed by atoms with Crippen molar-refractivity contribution in [1.29, 1.82) is 0 Å². The van der Waals surface area contributed by atoms with E-state index in [2.05, 4.69) is 47.4 Å². The molecule has 4 aromatic carbocycles. The predicted octanol–water partition coefficient (Wildman–Crippen LogP) is 7.94. The number of halogens is 3. The topological polar surface area (TPSA) is 128 Å². The monoisotopic (exact) mass is 767 g/mol. The SMILES string of the molecule is COc1cc(C(=O)Oc2ccc(Br)cc2C=NNC(=O)c2[nH]c3c(OC)ccc(Br)c3c2-c2ccccc2Cl)ccc1OC(C)=O. The van der Waals surface area contributed by atoms with Gasteiger partial charge in [-0.3, -0.25) is 9.59 Å². The van der Waals surface area contributed by atoms with Crippen LogP contribution in [0.3, 0.4) is 0 Å². The number of fused-ring (bicyclic) bond motifs is 1. The summed E-state index contributed by atoms with van der Waals surface area (Å²) in [5, 5.41) is 5.32. The number of aromatic amines is 1. The quantitative estimate of drug-likeness (QED) is 0.0675. The van der Waals surface area contributed by atoms with Crippen molar-refractivity contribution in [3.63, 3.8) is 0 Å². The molecule has 5 aromatic rings. The molecule has 0 aliphatic rings. The highest BCUT2D eigenvalue weighted by Gasteiger charge is 2.24. The van der Waals surface area contributed by atoms with Gasteiger partial charge in [0.25, 0.3) is 5.91 Å². The Bertz CT molecular complexity index is 2030. The summed E-state index contributed by atoms with van der Waals surface area (Å²) in [6.07, 6.45) is 1.35. The average molecular weight is 770 g/mol. The van der Waals surface area contributed by atoms with Gasteiger partial charge in [-0.15, -0.1) is 0 Å². The van der Waals surface area contributed by atoms with Crippen LogP contribution >= 0.6 is 43.5 Å². The standard InChI is InChI=1S/C33H24Br2ClN3O7/c1-17(40)45-25-11-8-18(15-27(25)44-3)33(42)46-24-12-9-20(34)14-19(24)16-37-39-32(41)31-28(21-6-4-5-7-23(21)36)29-22(35)10-13-26(43-2)30(29)38-31/h4-16,38H,1-3H3,(H,39,41). The Labute approximate surface area is 284 Å². The van der Waals surface area contributed by atoms with Crippen LogP contribution in [0.15, 0.2) is 86.8 Å². The number of amides is 1. The number of nitrogens with zero attached hydrogens (tertiary/aromatic N) is 1. The zero-order valence-corrected chi connectivity index (χ0v) is 28.4. The lowest BCUT2D eigenvalue weighted by molar-refractivity contribution is -0.132. The number of aromatic nitrogens is 1. The number of hydrogen-bond donors (Lipinski definition) is 2. The van der Waals surface area contributed by atoms with Crippen LogP contribution in [0.1, 0.15) is 33.3 Å². The fraction of sp³-hybridized carbons (Fsp3) is 0.0909. The highest BCUT2D eigenvalue weighted by atomic mass is 79.9. The minimum Gasteiger partial charge on any atom is -0.495 e. The van der Waals surface area contributed by atoms with Gasteiger partial charge in [0, 0.05) is 43.0 Å². The van der Waals surface area contributed by atoms with Crippen molar-refractivity contribution in [3.8, 4) is 34.1 Å². The summed E-state index contributed by atoms with van der Waals surface area (Å²) in [5.74, 6) is -0.726. The van der Waals surface area contributed by atoms with Gasteiger partial charge >= 0.3 is 11.9 Å². The normalized spacial score (nSPS) is 11.0. The third kappa shape index (κ3) is 6.94. The molecule has 0 aliphatic carbocycles. The van der Waals surface area contributed by atoms with Crippen LogP contribution in [-0.2, 0) is 4.79 Å². The Kier molecular flexibility index (Phi) is 10.1. The molecule has 1 heterocycles. The van der Waals surface area contributed by atoms with Gasteiger partial charge in [-0.05, 0) is 54.6 Å². The number of rotatable bonds is 9. The van der Waals surface area contributed by atoms with Gasteiger partial charge in [-0.2, -0.15) is 5.10 Å².